The van der Waals surface area contributed by atoms with Crippen LogP contribution < -0.4 is 0 Å². The van der Waals surface area contributed by atoms with E-state index in [4.69, 9.17) is 5.21 Å². The average molecular weight is 290 g/mol. The minimum absolute atomic E-state index is 0.107. The molecule has 0 fully saturated rings. The van der Waals surface area contributed by atoms with Crippen molar-refractivity contribution in [3.63, 3.8) is 0 Å². The molecule has 1 aromatic carbocycles. The van der Waals surface area contributed by atoms with E-state index in [1.165, 1.54) is 18.2 Å². The van der Waals surface area contributed by atoms with Gasteiger partial charge in [-0.3, -0.25) is 0 Å². The summed E-state index contributed by atoms with van der Waals surface area (Å²) in [6, 6.07) is 4.02. The van der Waals surface area contributed by atoms with Crippen LogP contribution in [0.5, 0.6) is 0 Å². The van der Waals surface area contributed by atoms with E-state index in [-0.39, 0.29) is 12.2 Å². The highest BCUT2D eigenvalue weighted by molar-refractivity contribution is 9.10. The maximum absolute atomic E-state index is 13.5. The van der Waals surface area contributed by atoms with Crippen molar-refractivity contribution in [3.05, 3.63) is 34.1 Å². The zero-order valence-electron chi connectivity index (χ0n) is 8.41. The summed E-state index contributed by atoms with van der Waals surface area (Å²) in [7, 11) is 0. The molecule has 0 saturated heterocycles. The van der Waals surface area contributed by atoms with Crippen molar-refractivity contribution >= 4 is 27.6 Å². The van der Waals surface area contributed by atoms with Crippen molar-refractivity contribution in [3.8, 4) is 0 Å². The Bertz CT molecular complexity index is 434. The molecule has 0 atom stereocenters. The lowest BCUT2D eigenvalue weighted by Crippen LogP contribution is -2.20. The zero-order chi connectivity index (χ0) is 12.1. The molecule has 0 amide bonds. The fraction of sp³-hybridized carbons (Fsp3) is 0.200. The molecule has 0 aromatic heterocycles. The normalized spacial score (nSPS) is 11.3. The predicted octanol–water partition coefficient (Wildman–Crippen LogP) is 2.33. The fourth-order valence-corrected chi connectivity index (χ4v) is 1.42. The van der Waals surface area contributed by atoms with Crippen LogP contribution >= 0.6 is 15.9 Å². The van der Waals surface area contributed by atoms with E-state index in [0.29, 0.717) is 4.47 Å². The van der Waals surface area contributed by atoms with Crippen LogP contribution in [-0.4, -0.2) is 23.5 Å². The summed E-state index contributed by atoms with van der Waals surface area (Å²) in [4.78, 5) is 11.3. The molecule has 0 aliphatic heterocycles. The Labute approximate surface area is 99.8 Å². The van der Waals surface area contributed by atoms with E-state index in [1.807, 2.05) is 0 Å². The van der Waals surface area contributed by atoms with Crippen LogP contribution in [0.2, 0.25) is 0 Å². The molecule has 0 bridgehead atoms. The number of benzene rings is 1. The topological polar surface area (TPSA) is 58.9 Å². The van der Waals surface area contributed by atoms with Crippen LogP contribution in [0.1, 0.15) is 12.5 Å². The van der Waals surface area contributed by atoms with Gasteiger partial charge in [0.2, 0.25) is 0 Å². The van der Waals surface area contributed by atoms with Gasteiger partial charge in [0.25, 0.3) is 0 Å². The number of ether oxygens (including phenoxy) is 1. The maximum Gasteiger partial charge on any atom is 0.361 e. The largest absolute Gasteiger partial charge is 0.461 e. The number of hydrogen-bond donors (Lipinski definition) is 1. The number of esters is 1. The minimum Gasteiger partial charge on any atom is -0.461 e. The number of nitrogens with zero attached hydrogens (tertiary/aromatic N) is 1. The second kappa shape index (κ2) is 5.60. The van der Waals surface area contributed by atoms with Gasteiger partial charge in [0.1, 0.15) is 5.82 Å². The molecule has 4 nitrogen and oxygen atoms in total. The molecule has 0 spiro atoms. The number of carbonyl (C=O) groups excluding carboxylic acids is 1. The maximum atomic E-state index is 13.5. The Morgan fingerprint density at radius 3 is 2.81 bits per heavy atom. The molecule has 1 aromatic rings. The second-order valence-electron chi connectivity index (χ2n) is 2.79. The summed E-state index contributed by atoms with van der Waals surface area (Å²) in [6.45, 7) is 1.72. The third-order valence-electron chi connectivity index (χ3n) is 1.76. The summed E-state index contributed by atoms with van der Waals surface area (Å²) in [6.07, 6.45) is 0. The quantitative estimate of drug-likeness (QED) is 0.402. The molecule has 1 N–H and O–H groups in total. The van der Waals surface area contributed by atoms with Crippen molar-refractivity contribution in [2.45, 2.75) is 6.92 Å². The van der Waals surface area contributed by atoms with Crippen LogP contribution in [0.3, 0.4) is 0 Å². The van der Waals surface area contributed by atoms with Crippen molar-refractivity contribution in [2.75, 3.05) is 6.61 Å². The number of rotatable bonds is 3. The monoisotopic (exact) mass is 289 g/mol. The number of oxime groups is 1. The highest BCUT2D eigenvalue weighted by atomic mass is 79.9. The van der Waals surface area contributed by atoms with E-state index in [0.717, 1.165) is 0 Å². The molecule has 0 saturated carbocycles. The second-order valence-corrected chi connectivity index (χ2v) is 3.71. The van der Waals surface area contributed by atoms with Crippen molar-refractivity contribution < 1.29 is 19.1 Å². The Morgan fingerprint density at radius 1 is 1.62 bits per heavy atom. The first kappa shape index (κ1) is 12.6. The lowest BCUT2D eigenvalue weighted by molar-refractivity contribution is -0.135. The molecule has 0 aliphatic carbocycles. The van der Waals surface area contributed by atoms with Gasteiger partial charge in [0.05, 0.1) is 6.61 Å². The average Bonchev–Trinajstić information content (AvgIpc) is 2.22. The lowest BCUT2D eigenvalue weighted by atomic mass is 10.1. The molecule has 0 unspecified atom stereocenters. The van der Waals surface area contributed by atoms with Crippen LogP contribution in [-0.2, 0) is 9.53 Å². The number of hydrogen-bond acceptors (Lipinski definition) is 4. The number of halogens is 2. The zero-order valence-corrected chi connectivity index (χ0v) is 9.99. The number of carbonyl (C=O) groups is 1. The summed E-state index contributed by atoms with van der Waals surface area (Å²) in [5, 5.41) is 11.4. The van der Waals surface area contributed by atoms with Gasteiger partial charge in [0, 0.05) is 10.0 Å². The molecule has 6 heteroatoms. The summed E-state index contributed by atoms with van der Waals surface area (Å²) in [5.74, 6) is -1.54. The van der Waals surface area contributed by atoms with E-state index in [9.17, 15) is 9.18 Å². The Kier molecular flexibility index (Phi) is 4.42. The minimum atomic E-state index is -0.869. The first-order valence-corrected chi connectivity index (χ1v) is 5.24. The highest BCUT2D eigenvalue weighted by Crippen LogP contribution is 2.16. The predicted molar refractivity (Wildman–Crippen MR) is 59.1 cm³/mol. The first-order valence-electron chi connectivity index (χ1n) is 4.44. The van der Waals surface area contributed by atoms with Gasteiger partial charge in [-0.1, -0.05) is 21.1 Å². The SMILES string of the molecule is CCOC(=O)/C(=N/O)c1ccc(Br)cc1F. The molecule has 0 heterocycles. The Morgan fingerprint density at radius 2 is 2.31 bits per heavy atom. The third-order valence-corrected chi connectivity index (χ3v) is 2.25. The van der Waals surface area contributed by atoms with E-state index >= 15 is 0 Å². The molecular formula is C10H9BrFNO3. The first-order chi connectivity index (χ1) is 7.60. The van der Waals surface area contributed by atoms with Gasteiger partial charge >= 0.3 is 5.97 Å². The Hall–Kier alpha value is -1.43. The van der Waals surface area contributed by atoms with Gasteiger partial charge in [-0.05, 0) is 25.1 Å². The summed E-state index contributed by atoms with van der Waals surface area (Å²) >= 11 is 3.08. The molecular weight excluding hydrogens is 281 g/mol. The van der Waals surface area contributed by atoms with Crippen LogP contribution in [0.15, 0.2) is 27.8 Å². The van der Waals surface area contributed by atoms with E-state index in [1.54, 1.807) is 6.92 Å². The van der Waals surface area contributed by atoms with Crippen LogP contribution in [0.4, 0.5) is 4.39 Å². The molecule has 0 radical (unpaired) electrons. The van der Waals surface area contributed by atoms with Crippen molar-refractivity contribution in [1.82, 2.24) is 0 Å². The fourth-order valence-electron chi connectivity index (χ4n) is 1.09. The van der Waals surface area contributed by atoms with Gasteiger partial charge < -0.3 is 9.94 Å². The van der Waals surface area contributed by atoms with E-state index < -0.39 is 17.5 Å². The lowest BCUT2D eigenvalue weighted by Gasteiger charge is -2.05. The molecule has 86 valence electrons. The third kappa shape index (κ3) is 2.79. The molecule has 0 aliphatic rings. The van der Waals surface area contributed by atoms with Gasteiger partial charge in [-0.25, -0.2) is 9.18 Å². The Balaban J connectivity index is 3.10. The summed E-state index contributed by atoms with van der Waals surface area (Å²) < 4.78 is 18.6. The smallest absolute Gasteiger partial charge is 0.361 e. The standard InChI is InChI=1S/C10H9BrFNO3/c1-2-16-10(14)9(13-15)7-4-3-6(11)5-8(7)12/h3-5,15H,2H2,1H3/b13-9+. The molecule has 16 heavy (non-hydrogen) atoms. The van der Waals surface area contributed by atoms with Gasteiger partial charge in [-0.15, -0.1) is 0 Å². The molecule has 1 rings (SSSR count). The van der Waals surface area contributed by atoms with Crippen LogP contribution in [0, 0.1) is 5.82 Å². The summed E-state index contributed by atoms with van der Waals surface area (Å²) in [5.41, 5.74) is -0.559. The van der Waals surface area contributed by atoms with Crippen LogP contribution in [0.25, 0.3) is 0 Å². The van der Waals surface area contributed by atoms with Crippen molar-refractivity contribution in [1.29, 1.82) is 0 Å². The van der Waals surface area contributed by atoms with Gasteiger partial charge in [-0.2, -0.15) is 0 Å². The van der Waals surface area contributed by atoms with Crippen molar-refractivity contribution in [2.24, 2.45) is 5.16 Å². The van der Waals surface area contributed by atoms with Gasteiger partial charge in [0.15, 0.2) is 5.71 Å². The highest BCUT2D eigenvalue weighted by Gasteiger charge is 2.19. The van der Waals surface area contributed by atoms with E-state index in [2.05, 4.69) is 25.8 Å².